The Balaban J connectivity index is 0.000000788. The van der Waals surface area contributed by atoms with Gasteiger partial charge in [0.05, 0.1) is 16.7 Å². The Morgan fingerprint density at radius 3 is 0.636 bits per heavy atom. The van der Waals surface area contributed by atoms with E-state index in [1.165, 1.54) is 18.2 Å². The van der Waals surface area contributed by atoms with Gasteiger partial charge in [-0.15, -0.1) is 0 Å². The van der Waals surface area contributed by atoms with Crippen LogP contribution in [0.2, 0.25) is 0 Å². The summed E-state index contributed by atoms with van der Waals surface area (Å²) >= 11 is 0. The molecule has 0 unspecified atom stereocenters. The summed E-state index contributed by atoms with van der Waals surface area (Å²) in [5, 5.41) is 63.9. The second-order valence-electron chi connectivity index (χ2n) is 20.1. The van der Waals surface area contributed by atoms with Crippen molar-refractivity contribution in [2.75, 3.05) is 0 Å². The number of hydrogen-bond donors (Lipinski definition) is 3. The Bertz CT molecular complexity index is 1650. The minimum Gasteiger partial charge on any atom is -0.872 e. The molecule has 0 heterocycles. The minimum atomic E-state index is -1.16. The monoisotopic (exact) mass is 803 g/mol. The minimum absolute atomic E-state index is 0. The van der Waals surface area contributed by atoms with Gasteiger partial charge in [0.1, 0.15) is 0 Å². The van der Waals surface area contributed by atoms with Gasteiger partial charge < -0.3 is 30.6 Å². The van der Waals surface area contributed by atoms with Gasteiger partial charge in [-0.2, -0.15) is 0 Å². The van der Waals surface area contributed by atoms with Gasteiger partial charge in [-0.3, -0.25) is 0 Å². The molecule has 3 aromatic carbocycles. The van der Waals surface area contributed by atoms with E-state index in [0.717, 1.165) is 16.7 Å². The zero-order chi connectivity index (χ0) is 42.9. The summed E-state index contributed by atoms with van der Waals surface area (Å²) in [7, 11) is 0. The molecule has 0 saturated carbocycles. The zero-order valence-corrected chi connectivity index (χ0v) is 37.2. The first-order valence-corrected chi connectivity index (χ1v) is 18.1. The van der Waals surface area contributed by atoms with Crippen LogP contribution in [-0.4, -0.2) is 33.2 Å². The predicted molar refractivity (Wildman–Crippen MR) is 211 cm³/mol. The Morgan fingerprint density at radius 1 is 0.364 bits per heavy atom. The summed E-state index contributed by atoms with van der Waals surface area (Å²) in [6.07, 6.45) is 0. The number of rotatable bonds is 3. The van der Waals surface area contributed by atoms with Crippen molar-refractivity contribution < 1.29 is 62.1 Å². The van der Waals surface area contributed by atoms with Crippen LogP contribution in [-0.2, 0) is 49.6 Å². The maximum atomic E-state index is 12.2. The standard InChI is InChI=1S/3C15H22O3.Fe/c3*1-14(2,3)9-7-10(13(17)18)12(16)11(8-9)15(4,5)6;/h3*7-8,16H,1-6H3,(H,17,18);/q;;;+3/p-3. The molecule has 0 amide bonds. The molecule has 3 N–H and O–H groups in total. The van der Waals surface area contributed by atoms with E-state index in [1.807, 2.05) is 143 Å². The molecule has 0 aliphatic rings. The first-order chi connectivity index (χ1) is 23.8. The SMILES string of the molecule is CC(C)(C)c1cc(C(=O)O)c([O-])c(C(C)(C)C)c1.CC(C)(C)c1cc(C(=O)O)c([O-])c(C(C)(C)C)c1.CC(C)(C)c1cc(C(=O)O)c([O-])c(C(C)(C)C)c1.[Fe+3]. The van der Waals surface area contributed by atoms with Crippen molar-refractivity contribution in [1.82, 2.24) is 0 Å². The van der Waals surface area contributed by atoms with Crippen LogP contribution in [0.25, 0.3) is 0 Å². The van der Waals surface area contributed by atoms with Crippen molar-refractivity contribution in [3.05, 3.63) is 86.5 Å². The van der Waals surface area contributed by atoms with Crippen molar-refractivity contribution in [3.8, 4) is 17.2 Å². The van der Waals surface area contributed by atoms with E-state index in [-0.39, 0.29) is 83.5 Å². The van der Waals surface area contributed by atoms with Gasteiger partial charge >= 0.3 is 35.0 Å². The van der Waals surface area contributed by atoms with Gasteiger partial charge in [-0.05, 0) is 84.1 Å². The second kappa shape index (κ2) is 17.4. The van der Waals surface area contributed by atoms with E-state index in [2.05, 4.69) is 0 Å². The molecule has 1 radical (unpaired) electrons. The van der Waals surface area contributed by atoms with Crippen LogP contribution in [0.15, 0.2) is 36.4 Å². The van der Waals surface area contributed by atoms with Gasteiger partial charge in [0.2, 0.25) is 0 Å². The van der Waals surface area contributed by atoms with Crippen LogP contribution in [0.5, 0.6) is 17.2 Å². The van der Waals surface area contributed by atoms with E-state index in [1.54, 1.807) is 0 Å². The van der Waals surface area contributed by atoms with E-state index in [9.17, 15) is 29.7 Å². The van der Waals surface area contributed by atoms with Gasteiger partial charge in [-0.25, -0.2) is 14.4 Å². The average Bonchev–Trinajstić information content (AvgIpc) is 2.94. The van der Waals surface area contributed by atoms with Crippen molar-refractivity contribution in [3.63, 3.8) is 0 Å². The molecule has 0 aromatic heterocycles. The van der Waals surface area contributed by atoms with E-state index in [0.29, 0.717) is 16.7 Å². The number of carboxylic acids is 3. The fourth-order valence-electron chi connectivity index (χ4n) is 5.33. The number of hydrogen-bond acceptors (Lipinski definition) is 6. The Kier molecular flexibility index (Phi) is 16.1. The summed E-state index contributed by atoms with van der Waals surface area (Å²) < 4.78 is 0. The summed E-state index contributed by atoms with van der Waals surface area (Å²) in [4.78, 5) is 33.5. The molecule has 55 heavy (non-hydrogen) atoms. The van der Waals surface area contributed by atoms with Gasteiger partial charge in [0.15, 0.2) is 0 Å². The van der Waals surface area contributed by atoms with Gasteiger partial charge in [0, 0.05) is 0 Å². The van der Waals surface area contributed by atoms with Gasteiger partial charge in [-0.1, -0.05) is 160 Å². The molecule has 0 spiro atoms. The molecular formula is C45H63FeO9. The van der Waals surface area contributed by atoms with Crippen LogP contribution in [0, 0.1) is 0 Å². The Hall–Kier alpha value is -4.01. The first kappa shape index (κ1) is 51.0. The predicted octanol–water partition coefficient (Wildman–Crippen LogP) is 9.16. The second-order valence-corrected chi connectivity index (χ2v) is 20.1. The van der Waals surface area contributed by atoms with Crippen LogP contribution < -0.4 is 15.3 Å². The molecule has 10 heteroatoms. The van der Waals surface area contributed by atoms with Gasteiger partial charge in [0.25, 0.3) is 0 Å². The summed E-state index contributed by atoms with van der Waals surface area (Å²) in [6.45, 7) is 35.3. The molecule has 305 valence electrons. The van der Waals surface area contributed by atoms with Crippen molar-refractivity contribution >= 4 is 17.9 Å². The smallest absolute Gasteiger partial charge is 0.872 e. The summed E-state index contributed by atoms with van der Waals surface area (Å²) in [5.41, 5.74) is 2.30. The third kappa shape index (κ3) is 13.6. The molecular weight excluding hydrogens is 740 g/mol. The van der Waals surface area contributed by atoms with Crippen molar-refractivity contribution in [1.29, 1.82) is 0 Å². The van der Waals surface area contributed by atoms with E-state index < -0.39 is 17.9 Å². The molecule has 0 aliphatic carbocycles. The third-order valence-corrected chi connectivity index (χ3v) is 8.98. The molecule has 0 atom stereocenters. The fraction of sp³-hybridized carbons (Fsp3) is 0.533. The topological polar surface area (TPSA) is 181 Å². The molecule has 0 saturated heterocycles. The average molecular weight is 804 g/mol. The van der Waals surface area contributed by atoms with Crippen LogP contribution >= 0.6 is 0 Å². The fourth-order valence-corrected chi connectivity index (χ4v) is 5.33. The van der Waals surface area contributed by atoms with Crippen molar-refractivity contribution in [2.45, 2.75) is 157 Å². The Morgan fingerprint density at radius 2 is 0.527 bits per heavy atom. The number of carboxylic acid groups (broad SMARTS) is 3. The van der Waals surface area contributed by atoms with Crippen molar-refractivity contribution in [2.24, 2.45) is 0 Å². The van der Waals surface area contributed by atoms with E-state index >= 15 is 0 Å². The molecule has 3 aromatic rings. The molecule has 0 bridgehead atoms. The van der Waals surface area contributed by atoms with Crippen LogP contribution in [0.3, 0.4) is 0 Å². The normalized spacial score (nSPS) is 12.3. The third-order valence-electron chi connectivity index (χ3n) is 8.98. The molecule has 0 fully saturated rings. The molecule has 3 rings (SSSR count). The summed E-state index contributed by atoms with van der Waals surface area (Å²) in [6, 6.07) is 10.0. The maximum absolute atomic E-state index is 12.2. The zero-order valence-electron chi connectivity index (χ0n) is 36.1. The van der Waals surface area contributed by atoms with Crippen LogP contribution in [0.1, 0.15) is 189 Å². The Labute approximate surface area is 339 Å². The molecule has 0 aliphatic heterocycles. The van der Waals surface area contributed by atoms with E-state index in [4.69, 9.17) is 15.3 Å². The summed E-state index contributed by atoms with van der Waals surface area (Å²) in [5.74, 6) is -4.58. The number of carbonyl (C=O) groups is 3. The number of benzene rings is 3. The quantitative estimate of drug-likeness (QED) is 0.218. The maximum Gasteiger partial charge on any atom is 3.00 e. The van der Waals surface area contributed by atoms with Crippen LogP contribution in [0.4, 0.5) is 0 Å². The number of aromatic carboxylic acids is 3. The first-order valence-electron chi connectivity index (χ1n) is 18.1. The molecule has 9 nitrogen and oxygen atoms in total. The largest absolute Gasteiger partial charge is 3.00 e.